The lowest BCUT2D eigenvalue weighted by Crippen LogP contribution is -2.49. The molecule has 5 N–H and O–H groups in total. The fourth-order valence-corrected chi connectivity index (χ4v) is 1.84. The number of rotatable bonds is 8. The lowest BCUT2D eigenvalue weighted by molar-refractivity contribution is -0.139. The van der Waals surface area contributed by atoms with Gasteiger partial charge in [-0.25, -0.2) is 9.59 Å². The monoisotopic (exact) mass is 277 g/mol. The standard InChI is InChI=1S/C10H19N3O4S/c1-6(5-18-2)12-10(17)13-7(9(15)16)3-4-8(11)14/h6-7H,3-5H2,1-2H3,(H2,11,14)(H,15,16)(H2,12,13,17)/t6?,7-/m1/s1. The Bertz CT molecular complexity index is 311. The Balaban J connectivity index is 4.19. The van der Waals surface area contributed by atoms with E-state index in [1.165, 1.54) is 0 Å². The van der Waals surface area contributed by atoms with Crippen molar-refractivity contribution in [2.45, 2.75) is 31.8 Å². The van der Waals surface area contributed by atoms with E-state index < -0.39 is 23.9 Å². The fourth-order valence-electron chi connectivity index (χ4n) is 1.26. The number of hydrogen-bond acceptors (Lipinski definition) is 4. The normalized spacial score (nSPS) is 13.4. The van der Waals surface area contributed by atoms with Gasteiger partial charge in [-0.15, -0.1) is 0 Å². The highest BCUT2D eigenvalue weighted by molar-refractivity contribution is 7.98. The van der Waals surface area contributed by atoms with Crippen LogP contribution < -0.4 is 16.4 Å². The van der Waals surface area contributed by atoms with Crippen LogP contribution in [0.25, 0.3) is 0 Å². The molecule has 0 heterocycles. The van der Waals surface area contributed by atoms with Gasteiger partial charge in [-0.05, 0) is 19.6 Å². The van der Waals surface area contributed by atoms with Crippen LogP contribution in [0.3, 0.4) is 0 Å². The molecule has 18 heavy (non-hydrogen) atoms. The molecule has 0 aromatic heterocycles. The fraction of sp³-hybridized carbons (Fsp3) is 0.700. The lowest BCUT2D eigenvalue weighted by atomic mass is 10.1. The lowest BCUT2D eigenvalue weighted by Gasteiger charge is -2.17. The van der Waals surface area contributed by atoms with Gasteiger partial charge >= 0.3 is 12.0 Å². The molecule has 0 bridgehead atoms. The molecule has 7 nitrogen and oxygen atoms in total. The van der Waals surface area contributed by atoms with E-state index in [0.29, 0.717) is 0 Å². The highest BCUT2D eigenvalue weighted by Crippen LogP contribution is 1.99. The molecule has 0 aromatic rings. The number of carbonyl (C=O) groups is 3. The molecule has 0 rings (SSSR count). The average molecular weight is 277 g/mol. The number of carbonyl (C=O) groups excluding carboxylic acids is 2. The van der Waals surface area contributed by atoms with Gasteiger partial charge in [0.1, 0.15) is 6.04 Å². The van der Waals surface area contributed by atoms with Crippen molar-refractivity contribution in [2.75, 3.05) is 12.0 Å². The summed E-state index contributed by atoms with van der Waals surface area (Å²) in [6, 6.07) is -1.74. The highest BCUT2D eigenvalue weighted by Gasteiger charge is 2.20. The summed E-state index contributed by atoms with van der Waals surface area (Å²) in [4.78, 5) is 32.9. The SMILES string of the molecule is CSCC(C)NC(=O)N[C@H](CCC(N)=O)C(=O)O. The first kappa shape index (κ1) is 16.6. The number of aliphatic carboxylic acids is 1. The maximum Gasteiger partial charge on any atom is 0.326 e. The zero-order chi connectivity index (χ0) is 14.1. The predicted molar refractivity (Wildman–Crippen MR) is 69.4 cm³/mol. The summed E-state index contributed by atoms with van der Waals surface area (Å²) in [5.74, 6) is -1.06. The molecule has 0 aromatic carbocycles. The minimum absolute atomic E-state index is 0.0189. The van der Waals surface area contributed by atoms with E-state index >= 15 is 0 Å². The van der Waals surface area contributed by atoms with E-state index in [1.54, 1.807) is 11.8 Å². The molecule has 0 aliphatic carbocycles. The largest absolute Gasteiger partial charge is 0.480 e. The Morgan fingerprint density at radius 1 is 1.33 bits per heavy atom. The van der Waals surface area contributed by atoms with Crippen LogP contribution in [0.15, 0.2) is 0 Å². The summed E-state index contributed by atoms with van der Waals surface area (Å²) in [6.07, 6.45) is 1.80. The van der Waals surface area contributed by atoms with Crippen molar-refractivity contribution in [2.24, 2.45) is 5.73 Å². The van der Waals surface area contributed by atoms with E-state index in [2.05, 4.69) is 10.6 Å². The number of carboxylic acid groups (broad SMARTS) is 1. The molecule has 0 aliphatic heterocycles. The number of carboxylic acids is 1. The van der Waals surface area contributed by atoms with Crippen molar-refractivity contribution >= 4 is 29.7 Å². The molecule has 104 valence electrons. The van der Waals surface area contributed by atoms with Crippen molar-refractivity contribution in [1.82, 2.24) is 10.6 Å². The zero-order valence-electron chi connectivity index (χ0n) is 10.4. The summed E-state index contributed by atoms with van der Waals surface area (Å²) in [5.41, 5.74) is 4.93. The maximum atomic E-state index is 11.5. The van der Waals surface area contributed by atoms with Crippen molar-refractivity contribution in [1.29, 1.82) is 0 Å². The van der Waals surface area contributed by atoms with Crippen molar-refractivity contribution in [3.63, 3.8) is 0 Å². The first-order chi connectivity index (χ1) is 8.36. The Hall–Kier alpha value is -1.44. The van der Waals surface area contributed by atoms with E-state index in [4.69, 9.17) is 10.8 Å². The third-order valence-electron chi connectivity index (χ3n) is 2.08. The zero-order valence-corrected chi connectivity index (χ0v) is 11.3. The smallest absolute Gasteiger partial charge is 0.326 e. The molecule has 0 radical (unpaired) electrons. The van der Waals surface area contributed by atoms with Crippen LogP contribution in [-0.4, -0.2) is 47.1 Å². The molecule has 0 saturated heterocycles. The van der Waals surface area contributed by atoms with Gasteiger partial charge < -0.3 is 21.5 Å². The minimum atomic E-state index is -1.19. The maximum absolute atomic E-state index is 11.5. The van der Waals surface area contributed by atoms with E-state index in [9.17, 15) is 14.4 Å². The summed E-state index contributed by atoms with van der Waals surface area (Å²) >= 11 is 1.57. The molecule has 0 aliphatic rings. The highest BCUT2D eigenvalue weighted by atomic mass is 32.2. The van der Waals surface area contributed by atoms with Crippen LogP contribution in [0.1, 0.15) is 19.8 Å². The summed E-state index contributed by atoms with van der Waals surface area (Å²) in [5, 5.41) is 13.8. The molecule has 8 heteroatoms. The van der Waals surface area contributed by atoms with Gasteiger partial charge in [0.2, 0.25) is 5.91 Å². The van der Waals surface area contributed by atoms with Gasteiger partial charge in [0.15, 0.2) is 0 Å². The van der Waals surface area contributed by atoms with E-state index in [1.807, 2.05) is 13.2 Å². The molecule has 0 saturated carbocycles. The number of primary amides is 1. The minimum Gasteiger partial charge on any atom is -0.480 e. The topological polar surface area (TPSA) is 122 Å². The van der Waals surface area contributed by atoms with Gasteiger partial charge in [0.25, 0.3) is 0 Å². The number of urea groups is 1. The molecule has 0 fully saturated rings. The van der Waals surface area contributed by atoms with Crippen molar-refractivity contribution in [3.8, 4) is 0 Å². The second-order valence-electron chi connectivity index (χ2n) is 3.87. The Kier molecular flexibility index (Phi) is 7.93. The van der Waals surface area contributed by atoms with Crippen LogP contribution in [-0.2, 0) is 9.59 Å². The number of nitrogens with one attached hydrogen (secondary N) is 2. The number of hydrogen-bond donors (Lipinski definition) is 4. The van der Waals surface area contributed by atoms with Gasteiger partial charge in [-0.1, -0.05) is 0 Å². The second kappa shape index (κ2) is 8.62. The number of amides is 3. The molecular formula is C10H19N3O4S. The van der Waals surface area contributed by atoms with E-state index in [0.717, 1.165) is 5.75 Å². The number of nitrogens with two attached hydrogens (primary N) is 1. The van der Waals surface area contributed by atoms with Gasteiger partial charge in [-0.2, -0.15) is 11.8 Å². The molecule has 2 atom stereocenters. The van der Waals surface area contributed by atoms with Gasteiger partial charge in [0.05, 0.1) is 0 Å². The first-order valence-corrected chi connectivity index (χ1v) is 6.83. The Labute approximate surface area is 110 Å². The summed E-state index contributed by atoms with van der Waals surface area (Å²) in [6.45, 7) is 1.81. The third-order valence-corrected chi connectivity index (χ3v) is 2.91. The van der Waals surface area contributed by atoms with Crippen molar-refractivity contribution in [3.05, 3.63) is 0 Å². The molecule has 0 spiro atoms. The van der Waals surface area contributed by atoms with Crippen LogP contribution in [0.4, 0.5) is 4.79 Å². The average Bonchev–Trinajstić information content (AvgIpc) is 2.23. The van der Waals surface area contributed by atoms with Crippen LogP contribution in [0.5, 0.6) is 0 Å². The van der Waals surface area contributed by atoms with Crippen molar-refractivity contribution < 1.29 is 19.5 Å². The molecule has 1 unspecified atom stereocenters. The predicted octanol–water partition coefficient (Wildman–Crippen LogP) is -0.244. The van der Waals surface area contributed by atoms with Gasteiger partial charge in [0, 0.05) is 18.2 Å². The second-order valence-corrected chi connectivity index (χ2v) is 4.78. The molecule has 3 amide bonds. The van der Waals surface area contributed by atoms with Crippen LogP contribution in [0.2, 0.25) is 0 Å². The number of thioether (sulfide) groups is 1. The third kappa shape index (κ3) is 7.77. The molecular weight excluding hydrogens is 258 g/mol. The van der Waals surface area contributed by atoms with Crippen LogP contribution in [0, 0.1) is 0 Å². The summed E-state index contributed by atoms with van der Waals surface area (Å²) < 4.78 is 0. The van der Waals surface area contributed by atoms with E-state index in [-0.39, 0.29) is 18.9 Å². The van der Waals surface area contributed by atoms with Gasteiger partial charge in [-0.3, -0.25) is 4.79 Å². The van der Waals surface area contributed by atoms with Crippen LogP contribution >= 0.6 is 11.8 Å². The summed E-state index contributed by atoms with van der Waals surface area (Å²) in [7, 11) is 0. The quantitative estimate of drug-likeness (QED) is 0.487. The Morgan fingerprint density at radius 3 is 2.39 bits per heavy atom. The Morgan fingerprint density at radius 2 is 1.94 bits per heavy atom. The first-order valence-electron chi connectivity index (χ1n) is 5.44.